The van der Waals surface area contributed by atoms with Gasteiger partial charge in [-0.15, -0.1) is 0 Å². The molecule has 6 heteroatoms. The van der Waals surface area contributed by atoms with Gasteiger partial charge in [0.25, 0.3) is 0 Å². The molecule has 2 aromatic rings. The van der Waals surface area contributed by atoms with Gasteiger partial charge in [-0.25, -0.2) is 4.98 Å². The largest absolute Gasteiger partial charge is 0.433 e. The van der Waals surface area contributed by atoms with E-state index >= 15 is 0 Å². The number of alkyl halides is 3. The zero-order valence-electron chi connectivity index (χ0n) is 10.5. The van der Waals surface area contributed by atoms with Crippen molar-refractivity contribution in [3.8, 4) is 6.07 Å². The number of nitrogens with one attached hydrogen (secondary N) is 1. The van der Waals surface area contributed by atoms with Gasteiger partial charge in [0.1, 0.15) is 11.8 Å². The number of anilines is 2. The molecule has 1 heterocycles. The average Bonchev–Trinajstić information content (AvgIpc) is 2.38. The highest BCUT2D eigenvalue weighted by molar-refractivity contribution is 5.66. The molecule has 0 radical (unpaired) electrons. The van der Waals surface area contributed by atoms with E-state index in [4.69, 9.17) is 5.26 Å². The van der Waals surface area contributed by atoms with Crippen LogP contribution in [-0.2, 0) is 6.18 Å². The molecule has 0 aliphatic rings. The lowest BCUT2D eigenvalue weighted by Gasteiger charge is -2.10. The third kappa shape index (κ3) is 3.06. The van der Waals surface area contributed by atoms with Crippen molar-refractivity contribution in [2.75, 3.05) is 5.32 Å². The van der Waals surface area contributed by atoms with Crippen LogP contribution in [0.5, 0.6) is 0 Å². The summed E-state index contributed by atoms with van der Waals surface area (Å²) in [7, 11) is 0. The standard InChI is InChI=1S/C14H10F3N3/c1-9-2-3-10(7-18)12(6-9)20-11-4-5-13(19-8-11)14(15,16)17/h2-6,8,20H,1H3. The number of aryl methyl sites for hydroxylation is 1. The molecule has 3 nitrogen and oxygen atoms in total. The van der Waals surface area contributed by atoms with Crippen LogP contribution in [0, 0.1) is 18.3 Å². The van der Waals surface area contributed by atoms with Gasteiger partial charge in [0.15, 0.2) is 0 Å². The van der Waals surface area contributed by atoms with E-state index in [0.29, 0.717) is 16.9 Å². The molecule has 1 aromatic carbocycles. The molecular formula is C14H10F3N3. The maximum absolute atomic E-state index is 12.4. The number of nitrogens with zero attached hydrogens (tertiary/aromatic N) is 2. The topological polar surface area (TPSA) is 48.7 Å². The van der Waals surface area contributed by atoms with E-state index in [2.05, 4.69) is 10.3 Å². The Morgan fingerprint density at radius 2 is 1.95 bits per heavy atom. The monoisotopic (exact) mass is 277 g/mol. The van der Waals surface area contributed by atoms with E-state index in [1.165, 1.54) is 6.07 Å². The molecule has 0 aliphatic heterocycles. The zero-order valence-corrected chi connectivity index (χ0v) is 10.5. The van der Waals surface area contributed by atoms with Gasteiger partial charge in [-0.1, -0.05) is 6.07 Å². The number of hydrogen-bond donors (Lipinski definition) is 1. The second kappa shape index (κ2) is 5.21. The predicted octanol–water partition coefficient (Wildman–Crippen LogP) is 4.02. The summed E-state index contributed by atoms with van der Waals surface area (Å²) in [6, 6.07) is 9.37. The maximum atomic E-state index is 12.4. The molecule has 0 bridgehead atoms. The van der Waals surface area contributed by atoms with Crippen LogP contribution in [0.25, 0.3) is 0 Å². The first kappa shape index (κ1) is 13.9. The summed E-state index contributed by atoms with van der Waals surface area (Å²) < 4.78 is 37.2. The summed E-state index contributed by atoms with van der Waals surface area (Å²) in [6.07, 6.45) is -3.37. The summed E-state index contributed by atoms with van der Waals surface area (Å²) in [6.45, 7) is 1.86. The van der Waals surface area contributed by atoms with Crippen molar-refractivity contribution in [1.29, 1.82) is 5.26 Å². The molecule has 0 unspecified atom stereocenters. The van der Waals surface area contributed by atoms with E-state index in [1.807, 2.05) is 13.0 Å². The summed E-state index contributed by atoms with van der Waals surface area (Å²) in [5, 5.41) is 11.9. The van der Waals surface area contributed by atoms with Crippen molar-refractivity contribution in [3.05, 3.63) is 53.3 Å². The lowest BCUT2D eigenvalue weighted by Crippen LogP contribution is -2.07. The highest BCUT2D eigenvalue weighted by atomic mass is 19.4. The molecule has 102 valence electrons. The van der Waals surface area contributed by atoms with Gasteiger partial charge in [0.05, 0.1) is 23.1 Å². The minimum Gasteiger partial charge on any atom is -0.353 e. The predicted molar refractivity (Wildman–Crippen MR) is 68.4 cm³/mol. The van der Waals surface area contributed by atoms with E-state index in [0.717, 1.165) is 17.8 Å². The Morgan fingerprint density at radius 3 is 2.50 bits per heavy atom. The van der Waals surface area contributed by atoms with Crippen molar-refractivity contribution in [1.82, 2.24) is 4.98 Å². The SMILES string of the molecule is Cc1ccc(C#N)c(Nc2ccc(C(F)(F)F)nc2)c1. The Labute approximate surface area is 113 Å². The molecule has 1 aromatic heterocycles. The minimum atomic E-state index is -4.46. The quantitative estimate of drug-likeness (QED) is 0.901. The summed E-state index contributed by atoms with van der Waals surface area (Å²) >= 11 is 0. The van der Waals surface area contributed by atoms with Crippen LogP contribution >= 0.6 is 0 Å². The van der Waals surface area contributed by atoms with Crippen LogP contribution in [0.15, 0.2) is 36.5 Å². The number of benzene rings is 1. The summed E-state index contributed by atoms with van der Waals surface area (Å²) in [4.78, 5) is 3.35. The zero-order chi connectivity index (χ0) is 14.8. The number of rotatable bonds is 2. The fourth-order valence-corrected chi connectivity index (χ4v) is 1.65. The Bertz CT molecular complexity index is 655. The van der Waals surface area contributed by atoms with Crippen molar-refractivity contribution in [2.45, 2.75) is 13.1 Å². The summed E-state index contributed by atoms with van der Waals surface area (Å²) in [5.41, 5.74) is 1.32. The molecule has 0 fully saturated rings. The van der Waals surface area contributed by atoms with E-state index < -0.39 is 11.9 Å². The van der Waals surface area contributed by atoms with Crippen LogP contribution in [0.1, 0.15) is 16.8 Å². The third-order valence-electron chi connectivity index (χ3n) is 2.63. The lowest BCUT2D eigenvalue weighted by molar-refractivity contribution is -0.141. The van der Waals surface area contributed by atoms with Crippen LogP contribution in [0.2, 0.25) is 0 Å². The average molecular weight is 277 g/mol. The normalized spacial score (nSPS) is 10.9. The number of halogens is 3. The second-order valence-corrected chi connectivity index (χ2v) is 4.22. The molecule has 20 heavy (non-hydrogen) atoms. The molecular weight excluding hydrogens is 267 g/mol. The van der Waals surface area contributed by atoms with E-state index in [1.54, 1.807) is 18.2 Å². The van der Waals surface area contributed by atoms with Gasteiger partial charge in [0.2, 0.25) is 0 Å². The van der Waals surface area contributed by atoms with Crippen molar-refractivity contribution in [3.63, 3.8) is 0 Å². The van der Waals surface area contributed by atoms with Crippen LogP contribution in [-0.4, -0.2) is 4.98 Å². The van der Waals surface area contributed by atoms with Gasteiger partial charge in [-0.05, 0) is 36.8 Å². The van der Waals surface area contributed by atoms with Crippen molar-refractivity contribution >= 4 is 11.4 Å². The number of hydrogen-bond acceptors (Lipinski definition) is 3. The molecule has 0 aliphatic carbocycles. The Morgan fingerprint density at radius 1 is 1.20 bits per heavy atom. The van der Waals surface area contributed by atoms with Gasteiger partial charge < -0.3 is 5.32 Å². The van der Waals surface area contributed by atoms with Crippen LogP contribution in [0.4, 0.5) is 24.5 Å². The first-order valence-electron chi connectivity index (χ1n) is 5.71. The van der Waals surface area contributed by atoms with Gasteiger partial charge >= 0.3 is 6.18 Å². The minimum absolute atomic E-state index is 0.389. The number of nitriles is 1. The highest BCUT2D eigenvalue weighted by Gasteiger charge is 2.32. The summed E-state index contributed by atoms with van der Waals surface area (Å²) in [5.74, 6) is 0. The number of aromatic nitrogens is 1. The third-order valence-corrected chi connectivity index (χ3v) is 2.63. The Hall–Kier alpha value is -2.55. The van der Waals surface area contributed by atoms with Crippen LogP contribution < -0.4 is 5.32 Å². The first-order valence-corrected chi connectivity index (χ1v) is 5.71. The molecule has 0 amide bonds. The van der Waals surface area contributed by atoms with Crippen molar-refractivity contribution < 1.29 is 13.2 Å². The fraction of sp³-hybridized carbons (Fsp3) is 0.143. The Balaban J connectivity index is 2.27. The lowest BCUT2D eigenvalue weighted by atomic mass is 10.1. The van der Waals surface area contributed by atoms with Gasteiger partial charge in [0, 0.05) is 0 Å². The van der Waals surface area contributed by atoms with E-state index in [-0.39, 0.29) is 0 Å². The molecule has 1 N–H and O–H groups in total. The molecule has 0 spiro atoms. The van der Waals surface area contributed by atoms with Gasteiger partial charge in [-0.3, -0.25) is 0 Å². The van der Waals surface area contributed by atoms with Crippen molar-refractivity contribution in [2.24, 2.45) is 0 Å². The first-order chi connectivity index (χ1) is 9.40. The number of pyridine rings is 1. The maximum Gasteiger partial charge on any atom is 0.433 e. The molecule has 0 saturated carbocycles. The smallest absolute Gasteiger partial charge is 0.353 e. The highest BCUT2D eigenvalue weighted by Crippen LogP contribution is 2.28. The van der Waals surface area contributed by atoms with Crippen LogP contribution in [0.3, 0.4) is 0 Å². The fourth-order valence-electron chi connectivity index (χ4n) is 1.65. The second-order valence-electron chi connectivity index (χ2n) is 4.22. The van der Waals surface area contributed by atoms with E-state index in [9.17, 15) is 13.2 Å². The Kier molecular flexibility index (Phi) is 3.61. The molecule has 2 rings (SSSR count). The molecule has 0 atom stereocenters. The molecule has 0 saturated heterocycles. The van der Waals surface area contributed by atoms with Gasteiger partial charge in [-0.2, -0.15) is 18.4 Å².